The van der Waals surface area contributed by atoms with Crippen LogP contribution in [0.3, 0.4) is 0 Å². The minimum absolute atomic E-state index is 0.0325. The molecule has 0 saturated heterocycles. The molecule has 0 atom stereocenters. The summed E-state index contributed by atoms with van der Waals surface area (Å²) in [5, 5.41) is 2.89. The Balaban J connectivity index is 2.67. The molecule has 1 rings (SSSR count). The van der Waals surface area contributed by atoms with E-state index in [1.165, 1.54) is 17.0 Å². The van der Waals surface area contributed by atoms with Gasteiger partial charge in [-0.3, -0.25) is 4.79 Å². The number of benzene rings is 1. The first-order valence-corrected chi connectivity index (χ1v) is 4.82. The van der Waals surface area contributed by atoms with Crippen LogP contribution in [0.1, 0.15) is 6.42 Å². The Morgan fingerprint density at radius 1 is 1.53 bits per heavy atom. The van der Waals surface area contributed by atoms with Crippen molar-refractivity contribution in [3.05, 3.63) is 30.1 Å². The molecule has 0 radical (unpaired) electrons. The minimum atomic E-state index is -0.333. The molecule has 0 aromatic heterocycles. The van der Waals surface area contributed by atoms with E-state index < -0.39 is 0 Å². The number of carbonyl (C=O) groups is 1. The molecule has 0 aliphatic carbocycles. The summed E-state index contributed by atoms with van der Waals surface area (Å²) in [6, 6.07) is 6.00. The molecule has 0 bridgehead atoms. The van der Waals surface area contributed by atoms with Crippen LogP contribution in [0.25, 0.3) is 0 Å². The smallest absolute Gasteiger partial charge is 0.227 e. The van der Waals surface area contributed by atoms with Crippen molar-refractivity contribution in [1.82, 2.24) is 5.32 Å². The van der Waals surface area contributed by atoms with Crippen LogP contribution in [0.4, 0.5) is 10.1 Å². The molecule has 15 heavy (non-hydrogen) atoms. The number of amides is 1. The van der Waals surface area contributed by atoms with E-state index in [4.69, 9.17) is 0 Å². The van der Waals surface area contributed by atoms with E-state index in [1.807, 2.05) is 0 Å². The highest BCUT2D eigenvalue weighted by Crippen LogP contribution is 2.14. The van der Waals surface area contributed by atoms with Crippen LogP contribution < -0.4 is 10.2 Å². The van der Waals surface area contributed by atoms with E-state index in [9.17, 15) is 9.18 Å². The molecule has 4 heteroatoms. The van der Waals surface area contributed by atoms with Crippen molar-refractivity contribution in [3.8, 4) is 0 Å². The van der Waals surface area contributed by atoms with Gasteiger partial charge >= 0.3 is 0 Å². The molecule has 0 saturated carbocycles. The predicted octanol–water partition coefficient (Wildman–Crippen LogP) is 1.40. The Morgan fingerprint density at radius 3 is 2.87 bits per heavy atom. The highest BCUT2D eigenvalue weighted by Gasteiger charge is 2.10. The molecular weight excluding hydrogens is 195 g/mol. The average molecular weight is 210 g/mol. The van der Waals surface area contributed by atoms with Crippen LogP contribution in [-0.2, 0) is 4.79 Å². The van der Waals surface area contributed by atoms with Crippen LogP contribution in [0, 0.1) is 5.82 Å². The zero-order valence-electron chi connectivity index (χ0n) is 8.96. The van der Waals surface area contributed by atoms with Crippen molar-refractivity contribution in [1.29, 1.82) is 0 Å². The van der Waals surface area contributed by atoms with Crippen molar-refractivity contribution in [2.75, 3.05) is 25.5 Å². The van der Waals surface area contributed by atoms with Crippen LogP contribution in [0.2, 0.25) is 0 Å². The van der Waals surface area contributed by atoms with Gasteiger partial charge in [0.2, 0.25) is 5.91 Å². The molecule has 0 unspecified atom stereocenters. The van der Waals surface area contributed by atoms with Gasteiger partial charge in [-0.15, -0.1) is 0 Å². The Hall–Kier alpha value is -1.42. The lowest BCUT2D eigenvalue weighted by molar-refractivity contribution is -0.118. The van der Waals surface area contributed by atoms with Crippen LogP contribution in [-0.4, -0.2) is 26.5 Å². The van der Waals surface area contributed by atoms with Gasteiger partial charge in [0.05, 0.1) is 0 Å². The highest BCUT2D eigenvalue weighted by atomic mass is 19.1. The SMILES string of the molecule is CNCCC(=O)N(C)c1cccc(F)c1. The van der Waals surface area contributed by atoms with E-state index in [-0.39, 0.29) is 11.7 Å². The van der Waals surface area contributed by atoms with Gasteiger partial charge in [-0.05, 0) is 25.2 Å². The summed E-state index contributed by atoms with van der Waals surface area (Å²) in [6.07, 6.45) is 0.406. The van der Waals surface area contributed by atoms with Crippen molar-refractivity contribution in [2.45, 2.75) is 6.42 Å². The van der Waals surface area contributed by atoms with Gasteiger partial charge in [0, 0.05) is 25.7 Å². The maximum Gasteiger partial charge on any atom is 0.227 e. The first-order chi connectivity index (χ1) is 7.15. The largest absolute Gasteiger partial charge is 0.319 e. The second-order valence-electron chi connectivity index (χ2n) is 3.29. The molecule has 1 aromatic carbocycles. The lowest BCUT2D eigenvalue weighted by Gasteiger charge is -2.17. The third-order valence-corrected chi connectivity index (χ3v) is 2.16. The summed E-state index contributed by atoms with van der Waals surface area (Å²) < 4.78 is 12.9. The summed E-state index contributed by atoms with van der Waals surface area (Å²) in [5.74, 6) is -0.365. The van der Waals surface area contributed by atoms with E-state index in [1.54, 1.807) is 26.2 Å². The van der Waals surface area contributed by atoms with E-state index in [2.05, 4.69) is 5.32 Å². The zero-order valence-corrected chi connectivity index (χ0v) is 8.96. The predicted molar refractivity (Wildman–Crippen MR) is 58.4 cm³/mol. The second kappa shape index (κ2) is 5.46. The normalized spacial score (nSPS) is 10.1. The first kappa shape index (κ1) is 11.7. The van der Waals surface area contributed by atoms with Gasteiger partial charge in [0.15, 0.2) is 0 Å². The molecule has 0 heterocycles. The van der Waals surface area contributed by atoms with Gasteiger partial charge < -0.3 is 10.2 Å². The fraction of sp³-hybridized carbons (Fsp3) is 0.364. The summed E-state index contributed by atoms with van der Waals surface area (Å²) in [6.45, 7) is 0.624. The maximum atomic E-state index is 12.9. The summed E-state index contributed by atoms with van der Waals surface area (Å²) in [7, 11) is 3.43. The fourth-order valence-electron chi connectivity index (χ4n) is 1.23. The molecule has 0 fully saturated rings. The number of carbonyl (C=O) groups excluding carboxylic acids is 1. The number of nitrogens with one attached hydrogen (secondary N) is 1. The van der Waals surface area contributed by atoms with Gasteiger partial charge in [0.1, 0.15) is 5.82 Å². The van der Waals surface area contributed by atoms with Crippen LogP contribution in [0.5, 0.6) is 0 Å². The Bertz CT molecular complexity index is 341. The molecule has 1 amide bonds. The highest BCUT2D eigenvalue weighted by molar-refractivity contribution is 5.92. The quantitative estimate of drug-likeness (QED) is 0.814. The maximum absolute atomic E-state index is 12.9. The number of nitrogens with zero attached hydrogens (tertiary/aromatic N) is 1. The van der Waals surface area contributed by atoms with E-state index >= 15 is 0 Å². The summed E-state index contributed by atoms with van der Waals surface area (Å²) in [4.78, 5) is 13.0. The Morgan fingerprint density at radius 2 is 2.27 bits per heavy atom. The lowest BCUT2D eigenvalue weighted by atomic mass is 10.2. The fourth-order valence-corrected chi connectivity index (χ4v) is 1.23. The summed E-state index contributed by atoms with van der Waals surface area (Å²) >= 11 is 0. The number of hydrogen-bond acceptors (Lipinski definition) is 2. The number of hydrogen-bond donors (Lipinski definition) is 1. The molecule has 1 N–H and O–H groups in total. The third-order valence-electron chi connectivity index (χ3n) is 2.16. The molecule has 0 spiro atoms. The number of anilines is 1. The molecule has 82 valence electrons. The van der Waals surface area contributed by atoms with E-state index in [0.717, 1.165) is 0 Å². The third kappa shape index (κ3) is 3.32. The zero-order chi connectivity index (χ0) is 11.3. The molecule has 0 aliphatic rings. The minimum Gasteiger partial charge on any atom is -0.319 e. The van der Waals surface area contributed by atoms with Gasteiger partial charge in [-0.1, -0.05) is 6.07 Å². The summed E-state index contributed by atoms with van der Waals surface area (Å²) in [5.41, 5.74) is 0.580. The number of halogens is 1. The Labute approximate surface area is 88.9 Å². The lowest BCUT2D eigenvalue weighted by Crippen LogP contribution is -2.28. The van der Waals surface area contributed by atoms with E-state index in [0.29, 0.717) is 18.7 Å². The van der Waals surface area contributed by atoms with Crippen LogP contribution in [0.15, 0.2) is 24.3 Å². The van der Waals surface area contributed by atoms with Crippen molar-refractivity contribution < 1.29 is 9.18 Å². The topological polar surface area (TPSA) is 32.3 Å². The molecular formula is C11H15FN2O. The van der Waals surface area contributed by atoms with Gasteiger partial charge in [-0.2, -0.15) is 0 Å². The van der Waals surface area contributed by atoms with Crippen molar-refractivity contribution >= 4 is 11.6 Å². The second-order valence-corrected chi connectivity index (χ2v) is 3.29. The molecule has 0 aliphatic heterocycles. The Kier molecular flexibility index (Phi) is 4.24. The van der Waals surface area contributed by atoms with Gasteiger partial charge in [0.25, 0.3) is 0 Å². The monoisotopic (exact) mass is 210 g/mol. The van der Waals surface area contributed by atoms with Crippen molar-refractivity contribution in [3.63, 3.8) is 0 Å². The first-order valence-electron chi connectivity index (χ1n) is 4.82. The van der Waals surface area contributed by atoms with Gasteiger partial charge in [-0.25, -0.2) is 4.39 Å². The number of rotatable bonds is 4. The molecule has 3 nitrogen and oxygen atoms in total. The van der Waals surface area contributed by atoms with Crippen LogP contribution >= 0.6 is 0 Å². The van der Waals surface area contributed by atoms with Crippen molar-refractivity contribution in [2.24, 2.45) is 0 Å². The standard InChI is InChI=1S/C11H15FN2O/c1-13-7-6-11(15)14(2)10-5-3-4-9(12)8-10/h3-5,8,13H,6-7H2,1-2H3. The average Bonchev–Trinajstić information content (AvgIpc) is 2.24. The molecule has 1 aromatic rings.